The fourth-order valence-corrected chi connectivity index (χ4v) is 2.26. The molecule has 0 unspecified atom stereocenters. The molecule has 0 spiro atoms. The van der Waals surface area contributed by atoms with Gasteiger partial charge in [-0.2, -0.15) is 5.10 Å². The molecule has 0 saturated carbocycles. The summed E-state index contributed by atoms with van der Waals surface area (Å²) in [6.45, 7) is 3.06. The standard InChI is InChI=1S/C13H14BrClN2O/c1-9-13(14)12(17(2)16-9)8-18-7-10-3-5-11(15)6-4-10/h3-6H,7-8H2,1-2H3. The van der Waals surface area contributed by atoms with E-state index < -0.39 is 0 Å². The van der Waals surface area contributed by atoms with E-state index in [1.54, 1.807) is 0 Å². The van der Waals surface area contributed by atoms with Gasteiger partial charge in [0.15, 0.2) is 0 Å². The fourth-order valence-electron chi connectivity index (χ4n) is 1.68. The molecule has 96 valence electrons. The van der Waals surface area contributed by atoms with Crippen molar-refractivity contribution in [1.29, 1.82) is 0 Å². The molecule has 0 saturated heterocycles. The summed E-state index contributed by atoms with van der Waals surface area (Å²) in [5.41, 5.74) is 3.12. The minimum absolute atomic E-state index is 0.528. The fraction of sp³-hybridized carbons (Fsp3) is 0.308. The summed E-state index contributed by atoms with van der Waals surface area (Å²) in [6.07, 6.45) is 0. The highest BCUT2D eigenvalue weighted by molar-refractivity contribution is 9.10. The van der Waals surface area contributed by atoms with Crippen molar-refractivity contribution in [2.75, 3.05) is 0 Å². The molecular weight excluding hydrogens is 316 g/mol. The molecule has 2 rings (SSSR count). The van der Waals surface area contributed by atoms with Gasteiger partial charge in [-0.15, -0.1) is 0 Å². The Kier molecular flexibility index (Phi) is 4.43. The van der Waals surface area contributed by atoms with Crippen molar-refractivity contribution in [1.82, 2.24) is 9.78 Å². The van der Waals surface area contributed by atoms with Crippen molar-refractivity contribution in [2.24, 2.45) is 7.05 Å². The largest absolute Gasteiger partial charge is 0.370 e. The Morgan fingerprint density at radius 3 is 2.50 bits per heavy atom. The van der Waals surface area contributed by atoms with Gasteiger partial charge in [0.1, 0.15) is 0 Å². The van der Waals surface area contributed by atoms with Crippen molar-refractivity contribution >= 4 is 27.5 Å². The normalized spacial score (nSPS) is 10.9. The second-order valence-corrected chi connectivity index (χ2v) is 5.32. The molecule has 2 aromatic rings. The first-order valence-electron chi connectivity index (χ1n) is 5.58. The van der Waals surface area contributed by atoms with Crippen LogP contribution in [0.3, 0.4) is 0 Å². The Morgan fingerprint density at radius 1 is 1.28 bits per heavy atom. The molecule has 0 aliphatic carbocycles. The molecule has 0 bridgehead atoms. The highest BCUT2D eigenvalue weighted by Gasteiger charge is 2.10. The summed E-state index contributed by atoms with van der Waals surface area (Å²) in [7, 11) is 1.92. The first kappa shape index (κ1) is 13.6. The summed E-state index contributed by atoms with van der Waals surface area (Å²) in [5.74, 6) is 0. The summed E-state index contributed by atoms with van der Waals surface area (Å²) >= 11 is 9.34. The highest BCUT2D eigenvalue weighted by atomic mass is 79.9. The van der Waals surface area contributed by atoms with Gasteiger partial charge in [-0.1, -0.05) is 23.7 Å². The van der Waals surface area contributed by atoms with Crippen LogP contribution in [0.15, 0.2) is 28.7 Å². The number of benzene rings is 1. The van der Waals surface area contributed by atoms with E-state index in [0.717, 1.165) is 26.4 Å². The predicted octanol–water partition coefficient (Wildman–Crippen LogP) is 3.86. The molecule has 0 fully saturated rings. The van der Waals surface area contributed by atoms with Gasteiger partial charge in [0.2, 0.25) is 0 Å². The lowest BCUT2D eigenvalue weighted by Crippen LogP contribution is -2.02. The van der Waals surface area contributed by atoms with Gasteiger partial charge >= 0.3 is 0 Å². The molecule has 1 heterocycles. The van der Waals surface area contributed by atoms with Crippen LogP contribution in [0.25, 0.3) is 0 Å². The number of halogens is 2. The number of rotatable bonds is 4. The lowest BCUT2D eigenvalue weighted by atomic mass is 10.2. The topological polar surface area (TPSA) is 27.1 Å². The monoisotopic (exact) mass is 328 g/mol. The molecule has 18 heavy (non-hydrogen) atoms. The number of aromatic nitrogens is 2. The Bertz CT molecular complexity index is 537. The third kappa shape index (κ3) is 3.13. The van der Waals surface area contributed by atoms with Crippen LogP contribution >= 0.6 is 27.5 Å². The van der Waals surface area contributed by atoms with E-state index in [1.165, 1.54) is 0 Å². The zero-order chi connectivity index (χ0) is 13.1. The third-order valence-electron chi connectivity index (χ3n) is 2.68. The highest BCUT2D eigenvalue weighted by Crippen LogP contribution is 2.21. The second kappa shape index (κ2) is 5.87. The van der Waals surface area contributed by atoms with Crippen molar-refractivity contribution in [3.8, 4) is 0 Å². The molecule has 0 aliphatic heterocycles. The molecule has 0 N–H and O–H groups in total. The first-order chi connectivity index (χ1) is 8.58. The molecule has 5 heteroatoms. The summed E-state index contributed by atoms with van der Waals surface area (Å²) in [5, 5.41) is 5.06. The van der Waals surface area contributed by atoms with Gasteiger partial charge in [-0.25, -0.2) is 0 Å². The number of ether oxygens (including phenoxy) is 1. The summed E-state index contributed by atoms with van der Waals surface area (Å²) in [4.78, 5) is 0. The van der Waals surface area contributed by atoms with Crippen LogP contribution in [0.4, 0.5) is 0 Å². The van der Waals surface area contributed by atoms with Gasteiger partial charge in [-0.05, 0) is 40.5 Å². The molecular formula is C13H14BrClN2O. The van der Waals surface area contributed by atoms with Gasteiger partial charge in [0.25, 0.3) is 0 Å². The van der Waals surface area contributed by atoms with E-state index in [4.69, 9.17) is 16.3 Å². The van der Waals surface area contributed by atoms with E-state index in [9.17, 15) is 0 Å². The molecule has 0 radical (unpaired) electrons. The minimum Gasteiger partial charge on any atom is -0.370 e. The van der Waals surface area contributed by atoms with Crippen LogP contribution in [0, 0.1) is 6.92 Å². The van der Waals surface area contributed by atoms with E-state index in [0.29, 0.717) is 13.2 Å². The molecule has 3 nitrogen and oxygen atoms in total. The van der Waals surface area contributed by atoms with Crippen LogP contribution < -0.4 is 0 Å². The van der Waals surface area contributed by atoms with Crippen LogP contribution in [0.5, 0.6) is 0 Å². The second-order valence-electron chi connectivity index (χ2n) is 4.09. The SMILES string of the molecule is Cc1nn(C)c(COCc2ccc(Cl)cc2)c1Br. The number of nitrogens with zero attached hydrogens (tertiary/aromatic N) is 2. The predicted molar refractivity (Wildman–Crippen MR) is 75.6 cm³/mol. The zero-order valence-corrected chi connectivity index (χ0v) is 12.6. The Balaban J connectivity index is 1.94. The molecule has 0 amide bonds. The maximum Gasteiger partial charge on any atom is 0.0900 e. The zero-order valence-electron chi connectivity index (χ0n) is 10.3. The average Bonchev–Trinajstić information content (AvgIpc) is 2.58. The van der Waals surface area contributed by atoms with Crippen LogP contribution in [-0.2, 0) is 25.0 Å². The number of aryl methyl sites for hydroxylation is 2. The number of hydrogen-bond acceptors (Lipinski definition) is 2. The van der Waals surface area contributed by atoms with Crippen molar-refractivity contribution in [3.63, 3.8) is 0 Å². The van der Waals surface area contributed by atoms with Crippen molar-refractivity contribution in [2.45, 2.75) is 20.1 Å². The molecule has 1 aromatic carbocycles. The lowest BCUT2D eigenvalue weighted by Gasteiger charge is -2.05. The molecule has 0 atom stereocenters. The van der Waals surface area contributed by atoms with Crippen molar-refractivity contribution < 1.29 is 4.74 Å². The summed E-state index contributed by atoms with van der Waals surface area (Å²) < 4.78 is 8.54. The average molecular weight is 330 g/mol. The summed E-state index contributed by atoms with van der Waals surface area (Å²) in [6, 6.07) is 7.66. The maximum atomic E-state index is 5.83. The number of hydrogen-bond donors (Lipinski definition) is 0. The Labute approximate surface area is 120 Å². The van der Waals surface area contributed by atoms with E-state index in [-0.39, 0.29) is 0 Å². The van der Waals surface area contributed by atoms with Gasteiger partial charge in [0.05, 0.1) is 29.1 Å². The molecule has 1 aromatic heterocycles. The minimum atomic E-state index is 0.528. The van der Waals surface area contributed by atoms with Crippen molar-refractivity contribution in [3.05, 3.63) is 50.7 Å². The van der Waals surface area contributed by atoms with E-state index in [2.05, 4.69) is 21.0 Å². The molecule has 0 aliphatic rings. The smallest absolute Gasteiger partial charge is 0.0900 e. The third-order valence-corrected chi connectivity index (χ3v) is 3.97. The van der Waals surface area contributed by atoms with Gasteiger partial charge < -0.3 is 4.74 Å². The van der Waals surface area contributed by atoms with Gasteiger partial charge in [-0.3, -0.25) is 4.68 Å². The quantitative estimate of drug-likeness (QED) is 0.851. The lowest BCUT2D eigenvalue weighted by molar-refractivity contribution is 0.102. The Morgan fingerprint density at radius 2 is 1.94 bits per heavy atom. The van der Waals surface area contributed by atoms with E-state index >= 15 is 0 Å². The van der Waals surface area contributed by atoms with E-state index in [1.807, 2.05) is 42.9 Å². The Hall–Kier alpha value is -0.840. The van der Waals surface area contributed by atoms with Crippen LogP contribution in [0.2, 0.25) is 5.02 Å². The maximum absolute atomic E-state index is 5.83. The first-order valence-corrected chi connectivity index (χ1v) is 6.75. The van der Waals surface area contributed by atoms with Crippen LogP contribution in [0.1, 0.15) is 17.0 Å². The van der Waals surface area contributed by atoms with Crippen LogP contribution in [-0.4, -0.2) is 9.78 Å². The van der Waals surface area contributed by atoms with Gasteiger partial charge in [0, 0.05) is 12.1 Å².